The first-order valence-corrected chi connectivity index (χ1v) is 7.16. The van der Waals surface area contributed by atoms with Gasteiger partial charge >= 0.3 is 0 Å². The van der Waals surface area contributed by atoms with Crippen molar-refractivity contribution >= 4 is 0 Å². The van der Waals surface area contributed by atoms with Gasteiger partial charge in [-0.1, -0.05) is 27.7 Å². The summed E-state index contributed by atoms with van der Waals surface area (Å²) in [6.45, 7) is 12.2. The van der Waals surface area contributed by atoms with E-state index in [0.717, 1.165) is 12.4 Å². The van der Waals surface area contributed by atoms with Crippen molar-refractivity contribution in [3.63, 3.8) is 0 Å². The predicted octanol–water partition coefficient (Wildman–Crippen LogP) is 3.32. The lowest BCUT2D eigenvalue weighted by Crippen LogP contribution is -2.21. The second-order valence-corrected chi connectivity index (χ2v) is 5.92. The zero-order chi connectivity index (χ0) is 13.1. The van der Waals surface area contributed by atoms with Crippen LogP contribution in [0.15, 0.2) is 6.20 Å². The van der Waals surface area contributed by atoms with Crippen molar-refractivity contribution in [3.05, 3.63) is 23.3 Å². The van der Waals surface area contributed by atoms with Gasteiger partial charge < -0.3 is 0 Å². The van der Waals surface area contributed by atoms with Crippen molar-refractivity contribution < 1.29 is 0 Å². The van der Waals surface area contributed by atoms with Gasteiger partial charge in [-0.25, -0.2) is 9.97 Å². The molecule has 0 amide bonds. The molecule has 0 saturated carbocycles. The fraction of sp³-hybridized carbons (Fsp3) is 0.733. The minimum Gasteiger partial charge on any atom is -0.296 e. The molecular weight excluding hydrogens is 222 g/mol. The Labute approximate surface area is 111 Å². The van der Waals surface area contributed by atoms with Crippen LogP contribution < -0.4 is 0 Å². The molecule has 0 unspecified atom stereocenters. The summed E-state index contributed by atoms with van der Waals surface area (Å²) in [6, 6.07) is 0. The molecule has 1 aromatic heterocycles. The third kappa shape index (κ3) is 3.08. The van der Waals surface area contributed by atoms with Gasteiger partial charge in [0.15, 0.2) is 0 Å². The number of rotatable bonds is 4. The van der Waals surface area contributed by atoms with Crippen molar-refractivity contribution in [2.24, 2.45) is 0 Å². The molecule has 1 aliphatic heterocycles. The van der Waals surface area contributed by atoms with E-state index in [1.165, 1.54) is 37.2 Å². The van der Waals surface area contributed by atoms with Gasteiger partial charge in [-0.15, -0.1) is 0 Å². The molecule has 3 nitrogen and oxygen atoms in total. The van der Waals surface area contributed by atoms with E-state index in [9.17, 15) is 0 Å². The molecule has 3 heteroatoms. The Morgan fingerprint density at radius 2 is 1.78 bits per heavy atom. The summed E-state index contributed by atoms with van der Waals surface area (Å²) in [4.78, 5) is 11.8. The Kier molecular flexibility index (Phi) is 4.33. The Morgan fingerprint density at radius 3 is 2.33 bits per heavy atom. The fourth-order valence-corrected chi connectivity index (χ4v) is 2.57. The average Bonchev–Trinajstić information content (AvgIpc) is 2.81. The number of hydrogen-bond donors (Lipinski definition) is 0. The van der Waals surface area contributed by atoms with Crippen LogP contribution in [0.5, 0.6) is 0 Å². The maximum Gasteiger partial charge on any atom is 0.142 e. The molecule has 100 valence electrons. The maximum absolute atomic E-state index is 4.80. The van der Waals surface area contributed by atoms with E-state index in [-0.39, 0.29) is 0 Å². The van der Waals surface area contributed by atoms with Crippen LogP contribution in [0.2, 0.25) is 0 Å². The van der Waals surface area contributed by atoms with Crippen LogP contribution in [0.4, 0.5) is 0 Å². The van der Waals surface area contributed by atoms with Crippen LogP contribution in [0.25, 0.3) is 0 Å². The second-order valence-electron chi connectivity index (χ2n) is 5.92. The second kappa shape index (κ2) is 5.79. The molecule has 2 rings (SSSR count). The fourth-order valence-electron chi connectivity index (χ4n) is 2.57. The van der Waals surface area contributed by atoms with E-state index < -0.39 is 0 Å². The largest absolute Gasteiger partial charge is 0.296 e. The summed E-state index contributed by atoms with van der Waals surface area (Å²) in [5.74, 6) is 1.97. The minimum atomic E-state index is 0.475. The number of hydrogen-bond acceptors (Lipinski definition) is 3. The first-order valence-electron chi connectivity index (χ1n) is 7.16. The van der Waals surface area contributed by atoms with Crippen LogP contribution in [0.1, 0.15) is 69.5 Å². The standard InChI is InChI=1S/C15H25N3/c1-11(2)13-9-16-14(17-15(13)12(3)4)10-18-7-5-6-8-18/h9,11-12H,5-8,10H2,1-4H3. The maximum atomic E-state index is 4.80. The quantitative estimate of drug-likeness (QED) is 0.817. The highest BCUT2D eigenvalue weighted by Crippen LogP contribution is 2.24. The topological polar surface area (TPSA) is 29.0 Å². The molecular formula is C15H25N3. The summed E-state index contributed by atoms with van der Waals surface area (Å²) >= 11 is 0. The molecule has 1 aliphatic rings. The Morgan fingerprint density at radius 1 is 1.11 bits per heavy atom. The van der Waals surface area contributed by atoms with Gasteiger partial charge in [0.1, 0.15) is 5.82 Å². The van der Waals surface area contributed by atoms with Gasteiger partial charge in [0, 0.05) is 6.20 Å². The molecule has 1 fully saturated rings. The predicted molar refractivity (Wildman–Crippen MR) is 74.7 cm³/mol. The summed E-state index contributed by atoms with van der Waals surface area (Å²) in [7, 11) is 0. The van der Waals surface area contributed by atoms with Crippen LogP contribution in [0.3, 0.4) is 0 Å². The summed E-state index contributed by atoms with van der Waals surface area (Å²) in [6.07, 6.45) is 4.68. The molecule has 18 heavy (non-hydrogen) atoms. The Bertz CT molecular complexity index is 393. The monoisotopic (exact) mass is 247 g/mol. The van der Waals surface area contributed by atoms with E-state index in [4.69, 9.17) is 4.98 Å². The highest BCUT2D eigenvalue weighted by molar-refractivity contribution is 5.23. The zero-order valence-corrected chi connectivity index (χ0v) is 12.1. The number of nitrogens with zero attached hydrogens (tertiary/aromatic N) is 3. The van der Waals surface area contributed by atoms with Crippen molar-refractivity contribution in [2.45, 2.75) is 58.9 Å². The lowest BCUT2D eigenvalue weighted by atomic mass is 9.97. The summed E-state index contributed by atoms with van der Waals surface area (Å²) in [5.41, 5.74) is 2.53. The van der Waals surface area contributed by atoms with Gasteiger partial charge in [0.2, 0.25) is 0 Å². The third-order valence-corrected chi connectivity index (χ3v) is 3.63. The summed E-state index contributed by atoms with van der Waals surface area (Å²) in [5, 5.41) is 0. The van der Waals surface area contributed by atoms with Crippen LogP contribution in [0, 0.1) is 0 Å². The minimum absolute atomic E-state index is 0.475. The van der Waals surface area contributed by atoms with E-state index in [0.29, 0.717) is 11.8 Å². The molecule has 1 saturated heterocycles. The molecule has 0 N–H and O–H groups in total. The van der Waals surface area contributed by atoms with Crippen molar-refractivity contribution in [2.75, 3.05) is 13.1 Å². The van der Waals surface area contributed by atoms with Crippen LogP contribution >= 0.6 is 0 Å². The normalized spacial score (nSPS) is 17.0. The number of aromatic nitrogens is 2. The van der Waals surface area contributed by atoms with Crippen molar-refractivity contribution in [1.29, 1.82) is 0 Å². The van der Waals surface area contributed by atoms with E-state index >= 15 is 0 Å². The first-order chi connectivity index (χ1) is 8.58. The first kappa shape index (κ1) is 13.5. The highest BCUT2D eigenvalue weighted by atomic mass is 15.2. The van der Waals surface area contributed by atoms with E-state index in [1.807, 2.05) is 6.20 Å². The zero-order valence-electron chi connectivity index (χ0n) is 12.1. The van der Waals surface area contributed by atoms with Gasteiger partial charge in [0.25, 0.3) is 0 Å². The summed E-state index contributed by atoms with van der Waals surface area (Å²) < 4.78 is 0. The third-order valence-electron chi connectivity index (χ3n) is 3.63. The molecule has 0 aliphatic carbocycles. The van der Waals surface area contributed by atoms with E-state index in [2.05, 4.69) is 37.6 Å². The van der Waals surface area contributed by atoms with Gasteiger partial charge in [-0.2, -0.15) is 0 Å². The van der Waals surface area contributed by atoms with E-state index in [1.54, 1.807) is 0 Å². The van der Waals surface area contributed by atoms with Gasteiger partial charge in [0.05, 0.1) is 12.2 Å². The van der Waals surface area contributed by atoms with Gasteiger partial charge in [-0.05, 0) is 43.3 Å². The Balaban J connectivity index is 2.19. The van der Waals surface area contributed by atoms with Gasteiger partial charge in [-0.3, -0.25) is 4.90 Å². The van der Waals surface area contributed by atoms with Crippen molar-refractivity contribution in [1.82, 2.24) is 14.9 Å². The molecule has 0 bridgehead atoms. The van der Waals surface area contributed by atoms with Crippen molar-refractivity contribution in [3.8, 4) is 0 Å². The molecule has 0 atom stereocenters. The Hall–Kier alpha value is -0.960. The molecule has 0 spiro atoms. The smallest absolute Gasteiger partial charge is 0.142 e. The SMILES string of the molecule is CC(C)c1cnc(CN2CCCC2)nc1C(C)C. The number of likely N-dealkylation sites (tertiary alicyclic amines) is 1. The highest BCUT2D eigenvalue weighted by Gasteiger charge is 2.16. The molecule has 2 heterocycles. The van der Waals surface area contributed by atoms with Crippen LogP contribution in [-0.2, 0) is 6.54 Å². The molecule has 0 aromatic carbocycles. The lowest BCUT2D eigenvalue weighted by molar-refractivity contribution is 0.321. The lowest BCUT2D eigenvalue weighted by Gasteiger charge is -2.18. The van der Waals surface area contributed by atoms with Crippen LogP contribution in [-0.4, -0.2) is 28.0 Å². The average molecular weight is 247 g/mol. The molecule has 1 aromatic rings. The molecule has 0 radical (unpaired) electrons.